The largest absolute Gasteiger partial charge is 0.493 e. The predicted molar refractivity (Wildman–Crippen MR) is 141 cm³/mol. The van der Waals surface area contributed by atoms with Crippen LogP contribution in [0.25, 0.3) is 6.08 Å². The molecule has 1 aliphatic rings. The van der Waals surface area contributed by atoms with Gasteiger partial charge in [0.15, 0.2) is 11.5 Å². The van der Waals surface area contributed by atoms with Crippen LogP contribution in [0.4, 0.5) is 14.9 Å². The van der Waals surface area contributed by atoms with Gasteiger partial charge in [-0.25, -0.2) is 4.39 Å². The third-order valence-corrected chi connectivity index (χ3v) is 6.54. The van der Waals surface area contributed by atoms with Crippen LogP contribution in [0.5, 0.6) is 11.5 Å². The average Bonchev–Trinajstić information content (AvgIpc) is 3.12. The Morgan fingerprint density at radius 2 is 1.81 bits per heavy atom. The number of thioether (sulfide) groups is 1. The van der Waals surface area contributed by atoms with Crippen molar-refractivity contribution in [3.8, 4) is 11.5 Å². The summed E-state index contributed by atoms with van der Waals surface area (Å²) in [7, 11) is 1.47. The van der Waals surface area contributed by atoms with Crippen LogP contribution in [0.15, 0.2) is 65.6 Å². The maximum absolute atomic E-state index is 13.0. The van der Waals surface area contributed by atoms with E-state index in [1.165, 1.54) is 37.5 Å². The quantitative estimate of drug-likeness (QED) is 0.350. The first-order chi connectivity index (χ1) is 17.7. The molecule has 4 rings (SSSR count). The highest BCUT2D eigenvalue weighted by Crippen LogP contribution is 2.39. The van der Waals surface area contributed by atoms with Crippen molar-refractivity contribution in [2.45, 2.75) is 13.5 Å². The van der Waals surface area contributed by atoms with Crippen molar-refractivity contribution in [2.75, 3.05) is 19.0 Å². The summed E-state index contributed by atoms with van der Waals surface area (Å²) in [6.07, 6.45) is 1.50. The number of imide groups is 1. The highest BCUT2D eigenvalue weighted by Gasteiger charge is 2.36. The lowest BCUT2D eigenvalue weighted by molar-refractivity contribution is -0.127. The van der Waals surface area contributed by atoms with Crippen LogP contribution in [0.2, 0.25) is 5.02 Å². The number of anilines is 1. The normalized spacial score (nSPS) is 14.3. The summed E-state index contributed by atoms with van der Waals surface area (Å²) in [5.41, 5.74) is 2.97. The molecule has 0 spiro atoms. The van der Waals surface area contributed by atoms with Crippen LogP contribution >= 0.6 is 23.4 Å². The third-order valence-electron chi connectivity index (χ3n) is 5.36. The van der Waals surface area contributed by atoms with Crippen molar-refractivity contribution < 1.29 is 28.2 Å². The van der Waals surface area contributed by atoms with E-state index < -0.39 is 29.4 Å². The summed E-state index contributed by atoms with van der Waals surface area (Å²) in [4.78, 5) is 38.6. The van der Waals surface area contributed by atoms with E-state index >= 15 is 0 Å². The zero-order chi connectivity index (χ0) is 26.5. The van der Waals surface area contributed by atoms with Crippen LogP contribution < -0.4 is 14.8 Å². The van der Waals surface area contributed by atoms with Crippen molar-refractivity contribution in [2.24, 2.45) is 0 Å². The van der Waals surface area contributed by atoms with Crippen molar-refractivity contribution in [3.63, 3.8) is 0 Å². The van der Waals surface area contributed by atoms with E-state index in [1.807, 2.05) is 31.2 Å². The molecule has 0 atom stereocenters. The highest BCUT2D eigenvalue weighted by molar-refractivity contribution is 8.18. The molecular formula is C27H22ClFN2O5S. The minimum Gasteiger partial charge on any atom is -0.493 e. The predicted octanol–water partition coefficient (Wildman–Crippen LogP) is 6.05. The Balaban J connectivity index is 1.46. The Hall–Kier alpha value is -3.82. The molecule has 190 valence electrons. The van der Waals surface area contributed by atoms with Gasteiger partial charge in [0.25, 0.3) is 11.1 Å². The van der Waals surface area contributed by atoms with Gasteiger partial charge in [0.05, 0.1) is 17.0 Å². The lowest BCUT2D eigenvalue weighted by Gasteiger charge is -2.14. The van der Waals surface area contributed by atoms with E-state index in [0.717, 1.165) is 16.0 Å². The second kappa shape index (κ2) is 11.5. The van der Waals surface area contributed by atoms with E-state index in [0.29, 0.717) is 34.5 Å². The van der Waals surface area contributed by atoms with Gasteiger partial charge in [0.2, 0.25) is 5.91 Å². The number of nitrogens with zero attached hydrogens (tertiary/aromatic N) is 1. The smallest absolute Gasteiger partial charge is 0.294 e. The molecule has 0 radical (unpaired) electrons. The molecule has 0 saturated carbocycles. The molecule has 7 nitrogen and oxygen atoms in total. The number of carbonyl (C=O) groups excluding carboxylic acids is 3. The van der Waals surface area contributed by atoms with E-state index in [4.69, 9.17) is 21.1 Å². The number of aryl methyl sites for hydroxylation is 1. The Morgan fingerprint density at radius 3 is 2.49 bits per heavy atom. The SMILES string of the molecule is COc1cc(/C=C2\SC(=O)N(CC(=O)Nc3ccc(F)cc3)C2=O)cc(Cl)c1OCc1ccc(C)cc1. The van der Waals surface area contributed by atoms with Gasteiger partial charge in [-0.2, -0.15) is 0 Å². The summed E-state index contributed by atoms with van der Waals surface area (Å²) in [6, 6.07) is 16.3. The van der Waals surface area contributed by atoms with Gasteiger partial charge in [0, 0.05) is 5.69 Å². The Labute approximate surface area is 222 Å². The molecule has 0 aliphatic carbocycles. The zero-order valence-electron chi connectivity index (χ0n) is 19.9. The lowest BCUT2D eigenvalue weighted by Crippen LogP contribution is -2.36. The number of halogens is 2. The molecular weight excluding hydrogens is 519 g/mol. The fourth-order valence-electron chi connectivity index (χ4n) is 3.47. The third kappa shape index (κ3) is 6.49. The Kier molecular flexibility index (Phi) is 8.15. The second-order valence-corrected chi connectivity index (χ2v) is 9.53. The van der Waals surface area contributed by atoms with Crippen LogP contribution in [0.3, 0.4) is 0 Å². The van der Waals surface area contributed by atoms with Crippen molar-refractivity contribution >= 4 is 52.2 Å². The minimum atomic E-state index is -0.612. The van der Waals surface area contributed by atoms with Crippen LogP contribution in [-0.4, -0.2) is 35.6 Å². The second-order valence-electron chi connectivity index (χ2n) is 8.13. The Morgan fingerprint density at radius 1 is 1.11 bits per heavy atom. The van der Waals surface area contributed by atoms with Crippen LogP contribution in [0.1, 0.15) is 16.7 Å². The summed E-state index contributed by atoms with van der Waals surface area (Å²) >= 11 is 7.17. The van der Waals surface area contributed by atoms with Gasteiger partial charge < -0.3 is 14.8 Å². The van der Waals surface area contributed by atoms with Gasteiger partial charge in [-0.3, -0.25) is 19.3 Å². The van der Waals surface area contributed by atoms with Crippen LogP contribution in [0, 0.1) is 12.7 Å². The molecule has 37 heavy (non-hydrogen) atoms. The van der Waals surface area contributed by atoms with Crippen molar-refractivity contribution in [3.05, 3.63) is 93.1 Å². The summed E-state index contributed by atoms with van der Waals surface area (Å²) in [5, 5.41) is 2.22. The lowest BCUT2D eigenvalue weighted by atomic mass is 10.1. The standard InChI is InChI=1S/C27H22ClFN2O5S/c1-16-3-5-17(6-4-16)15-36-25-21(28)11-18(12-22(25)35-2)13-23-26(33)31(27(34)37-23)14-24(32)30-20-9-7-19(29)8-10-20/h3-13H,14-15H2,1-2H3,(H,30,32)/b23-13-. The molecule has 3 aromatic rings. The summed E-state index contributed by atoms with van der Waals surface area (Å²) in [5.74, 6) is -0.929. The van der Waals surface area contributed by atoms with Gasteiger partial charge in [-0.1, -0.05) is 41.4 Å². The number of amides is 3. The van der Waals surface area contributed by atoms with E-state index in [2.05, 4.69) is 5.32 Å². The summed E-state index contributed by atoms with van der Waals surface area (Å²) < 4.78 is 24.4. The highest BCUT2D eigenvalue weighted by atomic mass is 35.5. The molecule has 0 aromatic heterocycles. The maximum atomic E-state index is 13.0. The number of methoxy groups -OCH3 is 1. The maximum Gasteiger partial charge on any atom is 0.294 e. The Bertz CT molecular complexity index is 1380. The van der Waals surface area contributed by atoms with Crippen molar-refractivity contribution in [1.82, 2.24) is 4.90 Å². The molecule has 1 N–H and O–H groups in total. The first kappa shape index (κ1) is 26.2. The zero-order valence-corrected chi connectivity index (χ0v) is 21.5. The number of nitrogens with one attached hydrogen (secondary N) is 1. The average molecular weight is 541 g/mol. The number of rotatable bonds is 8. The van der Waals surface area contributed by atoms with Gasteiger partial charge >= 0.3 is 0 Å². The molecule has 0 unspecified atom stereocenters. The number of hydrogen-bond acceptors (Lipinski definition) is 6. The molecule has 3 amide bonds. The van der Waals surface area contributed by atoms with E-state index in [9.17, 15) is 18.8 Å². The fourth-order valence-corrected chi connectivity index (χ4v) is 4.58. The molecule has 1 heterocycles. The van der Waals surface area contributed by atoms with Gasteiger partial charge in [-0.05, 0) is 72.3 Å². The van der Waals surface area contributed by atoms with Gasteiger partial charge in [0.1, 0.15) is 19.0 Å². The molecule has 1 fully saturated rings. The first-order valence-corrected chi connectivity index (χ1v) is 12.3. The first-order valence-electron chi connectivity index (χ1n) is 11.1. The molecule has 10 heteroatoms. The van der Waals surface area contributed by atoms with Crippen LogP contribution in [-0.2, 0) is 16.2 Å². The van der Waals surface area contributed by atoms with E-state index in [1.54, 1.807) is 12.1 Å². The molecule has 0 bridgehead atoms. The van der Waals surface area contributed by atoms with E-state index in [-0.39, 0.29) is 16.5 Å². The minimum absolute atomic E-state index is 0.131. The van der Waals surface area contributed by atoms with Gasteiger partial charge in [-0.15, -0.1) is 0 Å². The topological polar surface area (TPSA) is 84.9 Å². The number of carbonyl (C=O) groups is 3. The number of ether oxygens (including phenoxy) is 2. The molecule has 3 aromatic carbocycles. The van der Waals surface area contributed by atoms with Crippen molar-refractivity contribution in [1.29, 1.82) is 0 Å². The number of benzene rings is 3. The number of hydrogen-bond donors (Lipinski definition) is 1. The molecule has 1 saturated heterocycles. The summed E-state index contributed by atoms with van der Waals surface area (Å²) in [6.45, 7) is 1.81. The monoisotopic (exact) mass is 540 g/mol. The fraction of sp³-hybridized carbons (Fsp3) is 0.148. The molecule has 1 aliphatic heterocycles.